The van der Waals surface area contributed by atoms with E-state index < -0.39 is 17.6 Å². The lowest BCUT2D eigenvalue weighted by Crippen LogP contribution is -2.45. The smallest absolute Gasteiger partial charge is 0.325 e. The van der Waals surface area contributed by atoms with E-state index in [0.29, 0.717) is 19.8 Å². The molecule has 1 aliphatic heterocycles. The van der Waals surface area contributed by atoms with Gasteiger partial charge >= 0.3 is 5.97 Å². The first-order chi connectivity index (χ1) is 9.17. The zero-order valence-corrected chi connectivity index (χ0v) is 11.0. The fourth-order valence-corrected chi connectivity index (χ4v) is 2.24. The van der Waals surface area contributed by atoms with E-state index in [2.05, 4.69) is 5.32 Å². The Labute approximate surface area is 112 Å². The zero-order valence-electron chi connectivity index (χ0n) is 11.0. The highest BCUT2D eigenvalue weighted by Crippen LogP contribution is 2.23. The maximum absolute atomic E-state index is 11.4. The quantitative estimate of drug-likeness (QED) is 0.809. The Morgan fingerprint density at radius 3 is 2.79 bits per heavy atom. The zero-order chi connectivity index (χ0) is 13.7. The third-order valence-electron chi connectivity index (χ3n) is 3.51. The van der Waals surface area contributed by atoms with Crippen molar-refractivity contribution >= 4 is 5.97 Å². The number of carboxylic acids is 1. The Kier molecular flexibility index (Phi) is 4.52. The van der Waals surface area contributed by atoms with Crippen LogP contribution in [0.1, 0.15) is 18.0 Å². The number of rotatable bonds is 6. The molecule has 0 aromatic heterocycles. The molecule has 2 unspecified atom stereocenters. The lowest BCUT2D eigenvalue weighted by Gasteiger charge is -2.28. The number of methoxy groups -OCH3 is 1. The van der Waals surface area contributed by atoms with Crippen molar-refractivity contribution in [1.82, 2.24) is 5.32 Å². The minimum absolute atomic E-state index is 0.414. The molecule has 5 heteroatoms. The molecule has 104 valence electrons. The van der Waals surface area contributed by atoms with Crippen LogP contribution in [0.25, 0.3) is 0 Å². The Bertz CT molecular complexity index is 415. The maximum atomic E-state index is 11.4. The molecule has 1 fully saturated rings. The Hall–Kier alpha value is -1.43. The summed E-state index contributed by atoms with van der Waals surface area (Å²) in [7, 11) is 1.63. The van der Waals surface area contributed by atoms with Crippen LogP contribution in [0.15, 0.2) is 30.3 Å². The van der Waals surface area contributed by atoms with Crippen molar-refractivity contribution in [1.29, 1.82) is 0 Å². The van der Waals surface area contributed by atoms with E-state index >= 15 is 0 Å². The normalized spacial score (nSPS) is 24.3. The topological polar surface area (TPSA) is 67.8 Å². The summed E-state index contributed by atoms with van der Waals surface area (Å²) in [6, 6.07) is 8.40. The van der Waals surface area contributed by atoms with Gasteiger partial charge in [0.2, 0.25) is 0 Å². The van der Waals surface area contributed by atoms with Crippen LogP contribution in [0.3, 0.4) is 0 Å². The molecule has 1 heterocycles. The molecular weight excluding hydrogens is 246 g/mol. The molecule has 0 bridgehead atoms. The second-order valence-electron chi connectivity index (χ2n) is 4.75. The molecule has 2 rings (SSSR count). The van der Waals surface area contributed by atoms with Gasteiger partial charge in [-0.15, -0.1) is 0 Å². The van der Waals surface area contributed by atoms with Gasteiger partial charge in [0.1, 0.15) is 11.6 Å². The highest BCUT2D eigenvalue weighted by atomic mass is 16.5. The lowest BCUT2D eigenvalue weighted by molar-refractivity contribution is -0.140. The molecular formula is C14H19NO4. The first-order valence-corrected chi connectivity index (χ1v) is 6.31. The molecule has 2 N–H and O–H groups in total. The summed E-state index contributed by atoms with van der Waals surface area (Å²) in [5.41, 5.74) is 0.322. The van der Waals surface area contributed by atoms with E-state index in [1.165, 1.54) is 0 Å². The average molecular weight is 265 g/mol. The Morgan fingerprint density at radius 2 is 2.26 bits per heavy atom. The molecule has 1 aliphatic rings. The van der Waals surface area contributed by atoms with Crippen LogP contribution < -0.4 is 5.32 Å². The van der Waals surface area contributed by atoms with E-state index in [4.69, 9.17) is 9.47 Å². The number of aliphatic carboxylic acids is 1. The van der Waals surface area contributed by atoms with Gasteiger partial charge < -0.3 is 14.6 Å². The predicted molar refractivity (Wildman–Crippen MR) is 70.0 cm³/mol. The highest BCUT2D eigenvalue weighted by molar-refractivity contribution is 5.75. The van der Waals surface area contributed by atoms with E-state index in [1.54, 1.807) is 19.2 Å². The monoisotopic (exact) mass is 265 g/mol. The largest absolute Gasteiger partial charge is 0.480 e. The summed E-state index contributed by atoms with van der Waals surface area (Å²) < 4.78 is 10.8. The summed E-state index contributed by atoms with van der Waals surface area (Å²) in [5, 5.41) is 12.4. The summed E-state index contributed by atoms with van der Waals surface area (Å²) in [6.45, 7) is 1.60. The number of hydrogen-bond donors (Lipinski definition) is 2. The van der Waals surface area contributed by atoms with Crippen molar-refractivity contribution in [2.45, 2.75) is 18.1 Å². The van der Waals surface area contributed by atoms with Gasteiger partial charge in [0.05, 0.1) is 6.61 Å². The predicted octanol–water partition coefficient (Wildman–Crippen LogP) is 1.21. The Morgan fingerprint density at radius 1 is 1.53 bits per heavy atom. The van der Waals surface area contributed by atoms with Crippen molar-refractivity contribution in [2.24, 2.45) is 0 Å². The van der Waals surface area contributed by atoms with Gasteiger partial charge in [-0.25, -0.2) is 0 Å². The van der Waals surface area contributed by atoms with Gasteiger partial charge in [0.15, 0.2) is 0 Å². The third kappa shape index (κ3) is 3.32. The summed E-state index contributed by atoms with van der Waals surface area (Å²) >= 11 is 0. The van der Waals surface area contributed by atoms with Crippen LogP contribution in [0, 0.1) is 0 Å². The number of ether oxygens (including phenoxy) is 2. The number of benzene rings is 1. The molecule has 2 atom stereocenters. The molecule has 1 aromatic rings. The molecule has 0 saturated carbocycles. The summed E-state index contributed by atoms with van der Waals surface area (Å²) in [4.78, 5) is 11.4. The van der Waals surface area contributed by atoms with Crippen LogP contribution in [-0.4, -0.2) is 43.5 Å². The maximum Gasteiger partial charge on any atom is 0.325 e. The summed E-state index contributed by atoms with van der Waals surface area (Å²) in [6.07, 6.45) is 0.775. The average Bonchev–Trinajstić information content (AvgIpc) is 2.89. The van der Waals surface area contributed by atoms with Crippen molar-refractivity contribution < 1.29 is 19.4 Å². The van der Waals surface area contributed by atoms with Crippen LogP contribution in [0.2, 0.25) is 0 Å². The van der Waals surface area contributed by atoms with Gasteiger partial charge in [-0.05, 0) is 5.56 Å². The minimum atomic E-state index is -0.892. The van der Waals surface area contributed by atoms with Crippen molar-refractivity contribution in [3.63, 3.8) is 0 Å². The van der Waals surface area contributed by atoms with Gasteiger partial charge in [0, 0.05) is 26.7 Å². The molecule has 0 radical (unpaired) electrons. The highest BCUT2D eigenvalue weighted by Gasteiger charge is 2.36. The van der Waals surface area contributed by atoms with E-state index in [0.717, 1.165) is 12.0 Å². The summed E-state index contributed by atoms with van der Waals surface area (Å²) in [5.74, 6) is -0.892. The van der Waals surface area contributed by atoms with Crippen molar-refractivity contribution in [2.75, 3.05) is 26.9 Å². The van der Waals surface area contributed by atoms with Crippen LogP contribution in [0.4, 0.5) is 0 Å². The lowest BCUT2D eigenvalue weighted by atomic mass is 10.0. The van der Waals surface area contributed by atoms with Crippen molar-refractivity contribution in [3.8, 4) is 0 Å². The molecule has 5 nitrogen and oxygen atoms in total. The van der Waals surface area contributed by atoms with Crippen LogP contribution in [-0.2, 0) is 14.3 Å². The molecule has 0 aliphatic carbocycles. The van der Waals surface area contributed by atoms with Gasteiger partial charge in [-0.3, -0.25) is 10.1 Å². The second-order valence-corrected chi connectivity index (χ2v) is 4.75. The van der Waals surface area contributed by atoms with Gasteiger partial charge in [-0.2, -0.15) is 0 Å². The van der Waals surface area contributed by atoms with Crippen molar-refractivity contribution in [3.05, 3.63) is 35.9 Å². The van der Waals surface area contributed by atoms with Gasteiger partial charge in [-0.1, -0.05) is 30.3 Å². The van der Waals surface area contributed by atoms with E-state index in [-0.39, 0.29) is 0 Å². The fraction of sp³-hybridized carbons (Fsp3) is 0.500. The molecule has 0 amide bonds. The molecule has 19 heavy (non-hydrogen) atoms. The van der Waals surface area contributed by atoms with Gasteiger partial charge in [0.25, 0.3) is 0 Å². The second kappa shape index (κ2) is 6.14. The number of carboxylic acid groups (broad SMARTS) is 1. The SMILES string of the molecule is COC1(CNC(C(=O)O)c2ccccc2)CCOC1. The van der Waals surface area contributed by atoms with Crippen LogP contribution >= 0.6 is 0 Å². The first-order valence-electron chi connectivity index (χ1n) is 6.31. The molecule has 1 aromatic carbocycles. The molecule has 1 saturated heterocycles. The number of carbonyl (C=O) groups is 1. The van der Waals surface area contributed by atoms with E-state index in [9.17, 15) is 9.90 Å². The minimum Gasteiger partial charge on any atom is -0.480 e. The fourth-order valence-electron chi connectivity index (χ4n) is 2.24. The standard InChI is InChI=1S/C14H19NO4/c1-18-14(7-8-19-10-14)9-15-12(13(16)17)11-5-3-2-4-6-11/h2-6,12,15H,7-10H2,1H3,(H,16,17). The van der Waals surface area contributed by atoms with Crippen LogP contribution in [0.5, 0.6) is 0 Å². The number of nitrogens with one attached hydrogen (secondary N) is 1. The first kappa shape index (κ1) is 14.0. The van der Waals surface area contributed by atoms with E-state index in [1.807, 2.05) is 18.2 Å². The number of hydrogen-bond acceptors (Lipinski definition) is 4. The Balaban J connectivity index is 2.04. The molecule has 0 spiro atoms. The third-order valence-corrected chi connectivity index (χ3v) is 3.51.